The molecule has 1 amide bonds. The van der Waals surface area contributed by atoms with E-state index in [-0.39, 0.29) is 36.3 Å². The van der Waals surface area contributed by atoms with Gasteiger partial charge in [0.15, 0.2) is 0 Å². The van der Waals surface area contributed by atoms with Gasteiger partial charge in [0.1, 0.15) is 12.4 Å². The number of nitrogens with zero attached hydrogens (tertiary/aromatic N) is 2. The van der Waals surface area contributed by atoms with Gasteiger partial charge in [0.05, 0.1) is 22.3 Å². The molecule has 5 atom stereocenters. The van der Waals surface area contributed by atoms with Crippen molar-refractivity contribution in [1.29, 1.82) is 0 Å². The molecule has 13 heteroatoms. The highest BCUT2D eigenvalue weighted by Gasteiger charge is 2.49. The maximum Gasteiger partial charge on any atom is 0.264 e. The summed E-state index contributed by atoms with van der Waals surface area (Å²) >= 11 is 6.32. The molecule has 1 fully saturated rings. The van der Waals surface area contributed by atoms with Crippen LogP contribution in [0.1, 0.15) is 80.3 Å². The summed E-state index contributed by atoms with van der Waals surface area (Å²) in [6, 6.07) is 10.8. The van der Waals surface area contributed by atoms with Crippen LogP contribution in [0.2, 0.25) is 5.02 Å². The number of rotatable bonds is 3. The Labute approximate surface area is 284 Å². The Morgan fingerprint density at radius 2 is 1.83 bits per heavy atom. The molecule has 1 aliphatic carbocycles. The molecule has 2 aromatic rings. The first-order valence-corrected chi connectivity index (χ1v) is 20.1. The number of aryl methyl sites for hydroxylation is 1. The summed E-state index contributed by atoms with van der Waals surface area (Å²) in [7, 11) is -4.81. The van der Waals surface area contributed by atoms with Crippen LogP contribution in [-0.4, -0.2) is 75.9 Å². The van der Waals surface area contributed by atoms with Gasteiger partial charge in [-0.15, -0.1) is 0 Å². The van der Waals surface area contributed by atoms with Crippen LogP contribution < -0.4 is 14.4 Å². The summed E-state index contributed by atoms with van der Waals surface area (Å²) in [6.07, 6.45) is 5.18. The van der Waals surface area contributed by atoms with Gasteiger partial charge in [-0.3, -0.25) is 4.79 Å². The fourth-order valence-corrected chi connectivity index (χ4v) is 9.97. The largest absolute Gasteiger partial charge is 0.487 e. The van der Waals surface area contributed by atoms with Crippen molar-refractivity contribution in [1.82, 2.24) is 9.03 Å². The standard InChI is InChI=1S/C34H48ClN3O7S2/c1-23-8-7-16-34(40,22-46(41,42)37(3)4)30-14-11-27(30)20-38-17-6-5-9-25-18-29(35)13-10-28(25)21-45-32-15-12-26(19-31(32)38)33(39)36-47(43,44)24(23)2/h10,12-13,15,18-19,23-24,27,30,40H,5-9,11,14,16-17,20-22H2,1-4H3,(H,36,39)/t23-,24+,27-,30+,34-/m0/s1. The molecular weight excluding hydrogens is 662 g/mol. The summed E-state index contributed by atoms with van der Waals surface area (Å²) in [5.74, 6) is -1.13. The van der Waals surface area contributed by atoms with Gasteiger partial charge in [0.25, 0.3) is 5.91 Å². The van der Waals surface area contributed by atoms with Crippen LogP contribution in [0, 0.1) is 17.8 Å². The van der Waals surface area contributed by atoms with Crippen molar-refractivity contribution in [2.24, 2.45) is 17.8 Å². The molecule has 3 aliphatic rings. The lowest BCUT2D eigenvalue weighted by Gasteiger charge is -2.49. The summed E-state index contributed by atoms with van der Waals surface area (Å²) < 4.78 is 62.9. The van der Waals surface area contributed by atoms with Crippen molar-refractivity contribution in [3.63, 3.8) is 0 Å². The minimum absolute atomic E-state index is 0.00783. The lowest BCUT2D eigenvalue weighted by atomic mass is 9.63. The molecule has 0 aromatic heterocycles. The van der Waals surface area contributed by atoms with E-state index in [1.54, 1.807) is 32.0 Å². The lowest BCUT2D eigenvalue weighted by Crippen LogP contribution is -2.55. The molecule has 0 spiro atoms. The number of amides is 1. The third kappa shape index (κ3) is 8.09. The lowest BCUT2D eigenvalue weighted by molar-refractivity contribution is -0.0722. The quantitative estimate of drug-likeness (QED) is 0.456. The molecule has 2 aromatic carbocycles. The third-order valence-corrected chi connectivity index (χ3v) is 14.7. The number of nitrogens with one attached hydrogen (secondary N) is 1. The van der Waals surface area contributed by atoms with Crippen LogP contribution >= 0.6 is 11.6 Å². The normalized spacial score (nSPS) is 28.9. The Kier molecular flexibility index (Phi) is 10.9. The number of ether oxygens (including phenoxy) is 1. The third-order valence-electron chi connectivity index (χ3n) is 10.6. The molecule has 0 saturated heterocycles. The number of fused-ring (bicyclic) bond motifs is 3. The predicted octanol–water partition coefficient (Wildman–Crippen LogP) is 4.98. The Hall–Kier alpha value is -2.38. The van der Waals surface area contributed by atoms with Crippen LogP contribution in [0.4, 0.5) is 5.69 Å². The van der Waals surface area contributed by atoms with Crippen molar-refractivity contribution in [2.45, 2.75) is 82.7 Å². The van der Waals surface area contributed by atoms with E-state index in [2.05, 4.69) is 9.62 Å². The van der Waals surface area contributed by atoms with Crippen molar-refractivity contribution in [3.05, 3.63) is 58.1 Å². The highest BCUT2D eigenvalue weighted by atomic mass is 35.5. The number of hydrogen-bond acceptors (Lipinski definition) is 8. The number of carbonyl (C=O) groups is 1. The van der Waals surface area contributed by atoms with Gasteiger partial charge in [-0.25, -0.2) is 25.9 Å². The number of benzene rings is 2. The van der Waals surface area contributed by atoms with E-state index < -0.39 is 42.6 Å². The first kappa shape index (κ1) is 35.9. The van der Waals surface area contributed by atoms with Crippen LogP contribution in [0.15, 0.2) is 36.4 Å². The highest BCUT2D eigenvalue weighted by molar-refractivity contribution is 7.90. The average Bonchev–Trinajstić information content (AvgIpc) is 3.00. The van der Waals surface area contributed by atoms with Crippen LogP contribution in [-0.2, 0) is 33.1 Å². The summed E-state index contributed by atoms with van der Waals surface area (Å²) in [6.45, 7) is 4.82. The molecule has 2 aliphatic heterocycles. The fraction of sp³-hybridized carbons (Fsp3) is 0.618. The maximum absolute atomic E-state index is 13.4. The molecular formula is C34H48ClN3O7S2. The van der Waals surface area contributed by atoms with Crippen molar-refractivity contribution in [2.75, 3.05) is 37.8 Å². The van der Waals surface area contributed by atoms with Gasteiger partial charge in [-0.1, -0.05) is 31.0 Å². The monoisotopic (exact) mass is 709 g/mol. The first-order valence-electron chi connectivity index (χ1n) is 16.6. The number of halogens is 1. The molecule has 1 saturated carbocycles. The fourth-order valence-electron chi connectivity index (χ4n) is 7.22. The maximum atomic E-state index is 13.4. The number of sulfonamides is 2. The van der Waals surface area contributed by atoms with Gasteiger partial charge in [0.2, 0.25) is 20.0 Å². The van der Waals surface area contributed by atoms with Gasteiger partial charge in [0, 0.05) is 37.8 Å². The molecule has 47 heavy (non-hydrogen) atoms. The van der Waals surface area contributed by atoms with E-state index in [1.807, 2.05) is 18.2 Å². The van der Waals surface area contributed by atoms with Crippen LogP contribution in [0.3, 0.4) is 0 Å². The minimum atomic E-state index is -4.03. The van der Waals surface area contributed by atoms with E-state index in [0.29, 0.717) is 48.8 Å². The van der Waals surface area contributed by atoms with E-state index in [9.17, 15) is 26.7 Å². The van der Waals surface area contributed by atoms with Gasteiger partial charge in [-0.2, -0.15) is 0 Å². The minimum Gasteiger partial charge on any atom is -0.487 e. The number of carbonyl (C=O) groups excluding carboxylic acids is 1. The molecule has 5 rings (SSSR count). The molecule has 10 nitrogen and oxygen atoms in total. The van der Waals surface area contributed by atoms with E-state index in [1.165, 1.54) is 14.1 Å². The smallest absolute Gasteiger partial charge is 0.264 e. The molecule has 2 bridgehead atoms. The Bertz CT molecular complexity index is 1680. The van der Waals surface area contributed by atoms with Crippen LogP contribution in [0.5, 0.6) is 5.75 Å². The average molecular weight is 710 g/mol. The van der Waals surface area contributed by atoms with Crippen molar-refractivity contribution >= 4 is 43.2 Å². The highest BCUT2D eigenvalue weighted by Crippen LogP contribution is 2.47. The van der Waals surface area contributed by atoms with Gasteiger partial charge >= 0.3 is 0 Å². The van der Waals surface area contributed by atoms with Crippen molar-refractivity contribution in [3.8, 4) is 5.75 Å². The second-order valence-electron chi connectivity index (χ2n) is 13.9. The number of anilines is 1. The van der Waals surface area contributed by atoms with E-state index in [0.717, 1.165) is 41.1 Å². The zero-order chi connectivity index (χ0) is 34.1. The Morgan fingerprint density at radius 3 is 2.53 bits per heavy atom. The zero-order valence-corrected chi connectivity index (χ0v) is 30.1. The SMILES string of the molecule is C[C@@H]1[C@@H](C)CCC[C@](O)(CS(=O)(=O)N(C)C)[C@@H]2CC[C@H]2CN2CCCCc3cc(Cl)ccc3COc3ccc(cc32)C(=O)NS1(=O)=O. The van der Waals surface area contributed by atoms with Gasteiger partial charge < -0.3 is 14.7 Å². The second kappa shape index (κ2) is 14.2. The number of hydrogen-bond donors (Lipinski definition) is 2. The summed E-state index contributed by atoms with van der Waals surface area (Å²) in [4.78, 5) is 15.6. The second-order valence-corrected chi connectivity index (χ2v) is 18.6. The molecule has 2 heterocycles. The summed E-state index contributed by atoms with van der Waals surface area (Å²) in [5, 5.41) is 12.0. The zero-order valence-electron chi connectivity index (χ0n) is 27.7. The number of aliphatic hydroxyl groups is 1. The first-order chi connectivity index (χ1) is 22.1. The Morgan fingerprint density at radius 1 is 1.06 bits per heavy atom. The topological polar surface area (TPSA) is 133 Å². The predicted molar refractivity (Wildman–Crippen MR) is 185 cm³/mol. The van der Waals surface area contributed by atoms with Crippen molar-refractivity contribution < 1.29 is 31.5 Å². The molecule has 260 valence electrons. The molecule has 2 N–H and O–H groups in total. The van der Waals surface area contributed by atoms with E-state index in [4.69, 9.17) is 16.3 Å². The summed E-state index contributed by atoms with van der Waals surface area (Å²) in [5.41, 5.74) is 1.53. The molecule has 0 unspecified atom stereocenters. The Balaban J connectivity index is 1.57. The van der Waals surface area contributed by atoms with Crippen LogP contribution in [0.25, 0.3) is 0 Å². The van der Waals surface area contributed by atoms with E-state index >= 15 is 0 Å². The molecule has 0 radical (unpaired) electrons. The van der Waals surface area contributed by atoms with Gasteiger partial charge in [-0.05, 0) is 111 Å².